The van der Waals surface area contributed by atoms with Crippen LogP contribution in [0.2, 0.25) is 0 Å². The van der Waals surface area contributed by atoms with Crippen LogP contribution in [0.1, 0.15) is 26.7 Å². The summed E-state index contributed by atoms with van der Waals surface area (Å²) in [5.41, 5.74) is 0. The van der Waals surface area contributed by atoms with Crippen molar-refractivity contribution in [3.8, 4) is 0 Å². The average Bonchev–Trinajstić information content (AvgIpc) is 1.88. The van der Waals surface area contributed by atoms with Crippen LogP contribution in [0.15, 0.2) is 0 Å². The van der Waals surface area contributed by atoms with Crippen molar-refractivity contribution >= 4 is 5.78 Å². The quantitative estimate of drug-likeness (QED) is 0.794. The summed E-state index contributed by atoms with van der Waals surface area (Å²) in [6, 6.07) is 0. The summed E-state index contributed by atoms with van der Waals surface area (Å²) in [5.74, 6) is 0.569. The number of hydrogen-bond acceptors (Lipinski definition) is 2. The molecule has 0 aliphatic heterocycles. The van der Waals surface area contributed by atoms with Crippen LogP contribution in [0, 0.1) is 19.9 Å². The van der Waals surface area contributed by atoms with Gasteiger partial charge in [-0.2, -0.15) is 0 Å². The Hall–Kier alpha value is 0.188. The fourth-order valence-corrected chi connectivity index (χ4v) is 0.533. The van der Waals surface area contributed by atoms with E-state index in [4.69, 9.17) is 0 Å². The SMILES string of the molecule is [CH2-]C(=O)CC(C)CC.[CH2-]NC.[W+2]. The molecule has 12 heavy (non-hydrogen) atoms. The zero-order valence-corrected chi connectivity index (χ0v) is 11.2. The second-order valence-electron chi connectivity index (χ2n) is 2.61. The molecule has 0 aromatic heterocycles. The van der Waals surface area contributed by atoms with Crippen molar-refractivity contribution in [2.45, 2.75) is 26.7 Å². The molecule has 72 valence electrons. The summed E-state index contributed by atoms with van der Waals surface area (Å²) in [6.07, 6.45) is 1.71. The van der Waals surface area contributed by atoms with Crippen LogP contribution in [0.5, 0.6) is 0 Å². The molecular formula is C9H19NOW. The van der Waals surface area contributed by atoms with Crippen LogP contribution in [0.4, 0.5) is 0 Å². The topological polar surface area (TPSA) is 29.1 Å². The molecule has 0 aromatic rings. The van der Waals surface area contributed by atoms with E-state index < -0.39 is 0 Å². The van der Waals surface area contributed by atoms with Crippen molar-refractivity contribution in [1.82, 2.24) is 5.32 Å². The van der Waals surface area contributed by atoms with Crippen molar-refractivity contribution in [3.63, 3.8) is 0 Å². The van der Waals surface area contributed by atoms with E-state index in [9.17, 15) is 4.79 Å². The van der Waals surface area contributed by atoms with Crippen molar-refractivity contribution in [2.75, 3.05) is 7.05 Å². The molecule has 0 saturated heterocycles. The van der Waals surface area contributed by atoms with Crippen molar-refractivity contribution < 1.29 is 25.9 Å². The largest absolute Gasteiger partial charge is 2.00 e. The van der Waals surface area contributed by atoms with Gasteiger partial charge in [0.1, 0.15) is 0 Å². The van der Waals surface area contributed by atoms with E-state index in [1.165, 1.54) is 0 Å². The Balaban J connectivity index is -0.000000177. The molecule has 0 aromatic carbocycles. The molecule has 0 amide bonds. The number of hydrogen-bond donors (Lipinski definition) is 1. The van der Waals surface area contributed by atoms with Gasteiger partial charge in [0.2, 0.25) is 0 Å². The predicted octanol–water partition coefficient (Wildman–Crippen LogP) is 1.82. The fraction of sp³-hybridized carbons (Fsp3) is 0.667. The molecular weight excluding hydrogens is 322 g/mol. The molecule has 0 bridgehead atoms. The fourth-order valence-electron chi connectivity index (χ4n) is 0.533. The Labute approximate surface area is 90.8 Å². The van der Waals surface area contributed by atoms with Crippen molar-refractivity contribution in [3.05, 3.63) is 14.0 Å². The first-order valence-electron chi connectivity index (χ1n) is 3.87. The minimum Gasteiger partial charge on any atom is -0.475 e. The number of ketones is 1. The molecule has 0 fully saturated rings. The smallest absolute Gasteiger partial charge is 0.475 e. The number of carbonyl (C=O) groups excluding carboxylic acids is 1. The summed E-state index contributed by atoms with van der Waals surface area (Å²) in [6.45, 7) is 7.42. The van der Waals surface area contributed by atoms with Crippen LogP contribution in [0.25, 0.3) is 0 Å². The predicted molar refractivity (Wildman–Crippen MR) is 48.9 cm³/mol. The molecule has 0 aliphatic rings. The van der Waals surface area contributed by atoms with Gasteiger partial charge >= 0.3 is 21.1 Å². The van der Waals surface area contributed by atoms with Gasteiger partial charge in [-0.05, 0) is 25.2 Å². The molecule has 0 spiro atoms. The van der Waals surface area contributed by atoms with Crippen LogP contribution in [0.3, 0.4) is 0 Å². The van der Waals surface area contributed by atoms with Gasteiger partial charge in [0, 0.05) is 0 Å². The van der Waals surface area contributed by atoms with Crippen LogP contribution < -0.4 is 5.32 Å². The van der Waals surface area contributed by atoms with Crippen molar-refractivity contribution in [1.29, 1.82) is 0 Å². The first-order valence-corrected chi connectivity index (χ1v) is 3.87. The summed E-state index contributed by atoms with van der Waals surface area (Å²) in [4.78, 5) is 10.3. The van der Waals surface area contributed by atoms with E-state index in [1.54, 1.807) is 7.05 Å². The summed E-state index contributed by atoms with van der Waals surface area (Å²) in [5, 5.41) is 2.50. The second-order valence-corrected chi connectivity index (χ2v) is 2.61. The van der Waals surface area contributed by atoms with E-state index in [1.807, 2.05) is 0 Å². The number of nitrogens with one attached hydrogen (secondary N) is 1. The zero-order chi connectivity index (χ0) is 9.28. The summed E-state index contributed by atoms with van der Waals surface area (Å²) in [7, 11) is 5.00. The second kappa shape index (κ2) is 13.8. The van der Waals surface area contributed by atoms with Gasteiger partial charge in [0.05, 0.1) is 0 Å². The van der Waals surface area contributed by atoms with E-state index >= 15 is 0 Å². The number of Topliss-reactive ketones (excluding diaryl/α,β-unsaturated/α-hetero) is 1. The molecule has 0 heterocycles. The Morgan fingerprint density at radius 1 is 1.58 bits per heavy atom. The zero-order valence-electron chi connectivity index (χ0n) is 8.22. The molecule has 0 radical (unpaired) electrons. The van der Waals surface area contributed by atoms with E-state index in [0.717, 1.165) is 6.42 Å². The summed E-state index contributed by atoms with van der Waals surface area (Å²) >= 11 is 0. The Morgan fingerprint density at radius 3 is 2.00 bits per heavy atom. The Kier molecular flexibility index (Phi) is 20.7. The Morgan fingerprint density at radius 2 is 1.92 bits per heavy atom. The van der Waals surface area contributed by atoms with Crippen LogP contribution >= 0.6 is 0 Å². The average molecular weight is 341 g/mol. The summed E-state index contributed by atoms with van der Waals surface area (Å²) < 4.78 is 0. The van der Waals surface area contributed by atoms with Gasteiger partial charge in [0.25, 0.3) is 0 Å². The first kappa shape index (κ1) is 18.1. The van der Waals surface area contributed by atoms with Crippen LogP contribution in [-0.4, -0.2) is 12.8 Å². The number of rotatable bonds is 3. The minimum atomic E-state index is 0. The third-order valence-corrected chi connectivity index (χ3v) is 1.27. The molecule has 0 saturated carbocycles. The molecule has 1 N–H and O–H groups in total. The van der Waals surface area contributed by atoms with E-state index in [0.29, 0.717) is 12.3 Å². The maximum Gasteiger partial charge on any atom is 2.00 e. The van der Waals surface area contributed by atoms with Gasteiger partial charge in [-0.3, -0.25) is 7.05 Å². The molecule has 1 unspecified atom stereocenters. The van der Waals surface area contributed by atoms with Gasteiger partial charge < -0.3 is 17.0 Å². The standard InChI is InChI=1S/C7H13O.C2H6N.W/c1-4-6(2)5-7(3)8;1-3-2;/h6H,3-5H2,1-2H3;3H,1H2,2H3;/q2*-1;+2. The third kappa shape index (κ3) is 22.5. The normalized spacial score (nSPS) is 10.3. The van der Waals surface area contributed by atoms with Gasteiger partial charge in [-0.15, -0.1) is 0 Å². The van der Waals surface area contributed by atoms with Gasteiger partial charge in [0.15, 0.2) is 0 Å². The molecule has 3 heteroatoms. The van der Waals surface area contributed by atoms with Gasteiger partial charge in [-0.25, -0.2) is 0 Å². The van der Waals surface area contributed by atoms with Crippen LogP contribution in [-0.2, 0) is 25.9 Å². The van der Waals surface area contributed by atoms with Crippen molar-refractivity contribution in [2.24, 2.45) is 5.92 Å². The molecule has 0 rings (SSSR count). The Bertz CT molecular complexity index is 96.5. The van der Waals surface area contributed by atoms with Gasteiger partial charge in [-0.1, -0.05) is 20.3 Å². The molecule has 1 atom stereocenters. The minimum absolute atomic E-state index is 0. The maximum absolute atomic E-state index is 10.3. The van der Waals surface area contributed by atoms with E-state index in [-0.39, 0.29) is 26.8 Å². The van der Waals surface area contributed by atoms with E-state index in [2.05, 4.69) is 33.1 Å². The molecule has 2 nitrogen and oxygen atoms in total. The monoisotopic (exact) mass is 341 g/mol. The third-order valence-electron chi connectivity index (χ3n) is 1.27. The maximum atomic E-state index is 10.3. The molecule has 0 aliphatic carbocycles. The number of carbonyl (C=O) groups is 1. The first-order chi connectivity index (χ1) is 5.08.